The van der Waals surface area contributed by atoms with Crippen LogP contribution in [0.15, 0.2) is 36.4 Å². The first-order valence-corrected chi connectivity index (χ1v) is 5.28. The van der Waals surface area contributed by atoms with Crippen LogP contribution in [0.1, 0.15) is 15.9 Å². The Balaban J connectivity index is 2.52. The van der Waals surface area contributed by atoms with E-state index in [1.165, 1.54) is 12.1 Å². The van der Waals surface area contributed by atoms with Crippen LogP contribution in [-0.2, 0) is 0 Å². The molecule has 0 spiro atoms. The topological polar surface area (TPSA) is 37.3 Å². The van der Waals surface area contributed by atoms with E-state index in [-0.39, 0.29) is 5.56 Å². The van der Waals surface area contributed by atoms with Gasteiger partial charge in [0.1, 0.15) is 11.6 Å². The van der Waals surface area contributed by atoms with Crippen molar-refractivity contribution in [1.82, 2.24) is 0 Å². The fourth-order valence-corrected chi connectivity index (χ4v) is 1.71. The summed E-state index contributed by atoms with van der Waals surface area (Å²) >= 11 is 0. The van der Waals surface area contributed by atoms with E-state index < -0.39 is 23.2 Å². The van der Waals surface area contributed by atoms with Gasteiger partial charge < -0.3 is 5.11 Å². The van der Waals surface area contributed by atoms with E-state index in [1.54, 1.807) is 19.1 Å². The lowest BCUT2D eigenvalue weighted by Gasteiger charge is -2.06. The lowest BCUT2D eigenvalue weighted by atomic mass is 10.0. The largest absolute Gasteiger partial charge is 0.478 e. The van der Waals surface area contributed by atoms with Crippen LogP contribution in [0.4, 0.5) is 8.78 Å². The Morgan fingerprint density at radius 2 is 1.78 bits per heavy atom. The number of halogens is 2. The Morgan fingerprint density at radius 1 is 1.06 bits per heavy atom. The van der Waals surface area contributed by atoms with Gasteiger partial charge in [-0.15, -0.1) is 0 Å². The SMILES string of the molecule is Cc1ccc(-c2ccc(C(=O)O)c(F)c2)c(F)c1. The van der Waals surface area contributed by atoms with Crippen LogP contribution < -0.4 is 0 Å². The minimum atomic E-state index is -1.34. The number of carboxylic acid groups (broad SMARTS) is 1. The molecule has 0 atom stereocenters. The summed E-state index contributed by atoms with van der Waals surface area (Å²) in [5.74, 6) is -2.68. The maximum absolute atomic E-state index is 13.7. The highest BCUT2D eigenvalue weighted by Gasteiger charge is 2.12. The number of aryl methyl sites for hydroxylation is 1. The summed E-state index contributed by atoms with van der Waals surface area (Å²) in [5, 5.41) is 8.70. The molecule has 0 radical (unpaired) electrons. The van der Waals surface area contributed by atoms with E-state index >= 15 is 0 Å². The minimum Gasteiger partial charge on any atom is -0.478 e. The minimum absolute atomic E-state index is 0.247. The third kappa shape index (κ3) is 2.22. The van der Waals surface area contributed by atoms with E-state index in [1.807, 2.05) is 0 Å². The maximum atomic E-state index is 13.7. The van der Waals surface area contributed by atoms with Crippen molar-refractivity contribution in [3.8, 4) is 11.1 Å². The molecule has 92 valence electrons. The van der Waals surface area contributed by atoms with Gasteiger partial charge in [-0.3, -0.25) is 0 Å². The lowest BCUT2D eigenvalue weighted by Crippen LogP contribution is -2.00. The smallest absolute Gasteiger partial charge is 0.338 e. The summed E-state index contributed by atoms with van der Waals surface area (Å²) in [4.78, 5) is 10.7. The van der Waals surface area contributed by atoms with Crippen molar-refractivity contribution < 1.29 is 18.7 Å². The summed E-state index contributed by atoms with van der Waals surface area (Å²) in [7, 11) is 0. The van der Waals surface area contributed by atoms with Crippen molar-refractivity contribution >= 4 is 5.97 Å². The van der Waals surface area contributed by atoms with Crippen LogP contribution in [0.2, 0.25) is 0 Å². The van der Waals surface area contributed by atoms with Gasteiger partial charge in [0, 0.05) is 5.56 Å². The molecule has 0 saturated carbocycles. The van der Waals surface area contributed by atoms with Crippen molar-refractivity contribution in [3.05, 3.63) is 59.2 Å². The van der Waals surface area contributed by atoms with Crippen LogP contribution in [0, 0.1) is 18.6 Å². The van der Waals surface area contributed by atoms with Gasteiger partial charge in [-0.25, -0.2) is 13.6 Å². The second kappa shape index (κ2) is 4.56. The first-order valence-electron chi connectivity index (χ1n) is 5.28. The first kappa shape index (κ1) is 12.2. The van der Waals surface area contributed by atoms with E-state index in [0.29, 0.717) is 5.56 Å². The monoisotopic (exact) mass is 248 g/mol. The predicted molar refractivity (Wildman–Crippen MR) is 63.5 cm³/mol. The highest BCUT2D eigenvalue weighted by molar-refractivity contribution is 5.88. The van der Waals surface area contributed by atoms with Crippen molar-refractivity contribution in [3.63, 3.8) is 0 Å². The van der Waals surface area contributed by atoms with E-state index in [9.17, 15) is 13.6 Å². The number of aromatic carboxylic acids is 1. The van der Waals surface area contributed by atoms with Gasteiger partial charge in [-0.05, 0) is 36.2 Å². The van der Waals surface area contributed by atoms with Crippen molar-refractivity contribution in [2.75, 3.05) is 0 Å². The average Bonchev–Trinajstić information content (AvgIpc) is 2.28. The Kier molecular flexibility index (Phi) is 3.10. The molecular formula is C14H10F2O2. The molecule has 0 aliphatic rings. The number of hydrogen-bond donors (Lipinski definition) is 1. The zero-order valence-electron chi connectivity index (χ0n) is 9.58. The molecule has 4 heteroatoms. The Bertz CT molecular complexity index is 621. The van der Waals surface area contributed by atoms with Gasteiger partial charge in [0.2, 0.25) is 0 Å². The molecule has 0 amide bonds. The van der Waals surface area contributed by atoms with Gasteiger partial charge >= 0.3 is 5.97 Å². The zero-order chi connectivity index (χ0) is 13.3. The third-order valence-electron chi connectivity index (χ3n) is 2.64. The molecule has 1 N–H and O–H groups in total. The molecule has 0 bridgehead atoms. The molecule has 18 heavy (non-hydrogen) atoms. The molecule has 0 aromatic heterocycles. The fraction of sp³-hybridized carbons (Fsp3) is 0.0714. The van der Waals surface area contributed by atoms with E-state index in [0.717, 1.165) is 17.7 Å². The first-order chi connectivity index (χ1) is 8.49. The Hall–Kier alpha value is -2.23. The van der Waals surface area contributed by atoms with Gasteiger partial charge in [0.15, 0.2) is 0 Å². The Morgan fingerprint density at radius 3 is 2.33 bits per heavy atom. The normalized spacial score (nSPS) is 10.4. The molecule has 0 aliphatic heterocycles. The quantitative estimate of drug-likeness (QED) is 0.880. The number of benzene rings is 2. The number of carbonyl (C=O) groups is 1. The van der Waals surface area contributed by atoms with Crippen LogP contribution >= 0.6 is 0 Å². The molecule has 2 rings (SSSR count). The van der Waals surface area contributed by atoms with Gasteiger partial charge in [-0.1, -0.05) is 18.2 Å². The van der Waals surface area contributed by atoms with E-state index in [4.69, 9.17) is 5.11 Å². The van der Waals surface area contributed by atoms with Gasteiger partial charge in [0.05, 0.1) is 5.56 Å². The molecule has 0 saturated heterocycles. The van der Waals surface area contributed by atoms with Gasteiger partial charge in [0.25, 0.3) is 0 Å². The fourth-order valence-electron chi connectivity index (χ4n) is 1.71. The number of hydrogen-bond acceptors (Lipinski definition) is 1. The molecule has 2 aromatic rings. The summed E-state index contributed by atoms with van der Waals surface area (Å²) in [5.41, 5.74) is 0.900. The van der Waals surface area contributed by atoms with Crippen LogP contribution in [0.25, 0.3) is 11.1 Å². The van der Waals surface area contributed by atoms with Gasteiger partial charge in [-0.2, -0.15) is 0 Å². The summed E-state index contributed by atoms with van der Waals surface area (Å²) < 4.78 is 27.2. The zero-order valence-corrected chi connectivity index (χ0v) is 9.58. The third-order valence-corrected chi connectivity index (χ3v) is 2.64. The van der Waals surface area contributed by atoms with Crippen molar-refractivity contribution in [2.24, 2.45) is 0 Å². The molecule has 0 heterocycles. The Labute approximate surface area is 103 Å². The van der Waals surface area contributed by atoms with Crippen LogP contribution in [0.3, 0.4) is 0 Å². The van der Waals surface area contributed by atoms with Crippen LogP contribution in [0.5, 0.6) is 0 Å². The summed E-state index contributed by atoms with van der Waals surface area (Å²) in [6, 6.07) is 8.14. The van der Waals surface area contributed by atoms with Crippen LogP contribution in [-0.4, -0.2) is 11.1 Å². The molecule has 0 fully saturated rings. The standard InChI is InChI=1S/C14H10F2O2/c1-8-2-4-10(12(15)6-8)9-3-5-11(14(17)18)13(16)7-9/h2-7H,1H3,(H,17,18). The highest BCUT2D eigenvalue weighted by atomic mass is 19.1. The lowest BCUT2D eigenvalue weighted by molar-refractivity contribution is 0.0692. The molecule has 0 unspecified atom stereocenters. The number of carboxylic acids is 1. The summed E-state index contributed by atoms with van der Waals surface area (Å²) in [6.07, 6.45) is 0. The number of rotatable bonds is 2. The molecule has 0 aliphatic carbocycles. The summed E-state index contributed by atoms with van der Waals surface area (Å²) in [6.45, 7) is 1.75. The van der Waals surface area contributed by atoms with Crippen molar-refractivity contribution in [1.29, 1.82) is 0 Å². The highest BCUT2D eigenvalue weighted by Crippen LogP contribution is 2.25. The molecule has 2 aromatic carbocycles. The van der Waals surface area contributed by atoms with Crippen molar-refractivity contribution in [2.45, 2.75) is 6.92 Å². The predicted octanol–water partition coefficient (Wildman–Crippen LogP) is 3.64. The maximum Gasteiger partial charge on any atom is 0.338 e. The molecule has 2 nitrogen and oxygen atoms in total. The molecular weight excluding hydrogens is 238 g/mol. The second-order valence-corrected chi connectivity index (χ2v) is 3.98. The second-order valence-electron chi connectivity index (χ2n) is 3.98. The van der Waals surface area contributed by atoms with E-state index in [2.05, 4.69) is 0 Å². The average molecular weight is 248 g/mol.